The molecule has 0 unspecified atom stereocenters. The standard InChI is InChI=1S/C13H17F2NO/c1-8-6-16-7-9(2)13(8,17)12-10(14)4-3-5-11(12)15/h3-5,8-9,16-17H,6-7H2,1-2H3/t8-,9+,13+. The third-order valence-corrected chi connectivity index (χ3v) is 3.77. The summed E-state index contributed by atoms with van der Waals surface area (Å²) < 4.78 is 27.6. The minimum atomic E-state index is -1.44. The molecule has 1 heterocycles. The van der Waals surface area contributed by atoms with Crippen molar-refractivity contribution in [3.05, 3.63) is 35.4 Å². The molecule has 2 nitrogen and oxygen atoms in total. The van der Waals surface area contributed by atoms with Crippen LogP contribution < -0.4 is 5.32 Å². The van der Waals surface area contributed by atoms with E-state index in [4.69, 9.17) is 0 Å². The van der Waals surface area contributed by atoms with Crippen LogP contribution in [0.1, 0.15) is 19.4 Å². The molecule has 0 aliphatic carbocycles. The highest BCUT2D eigenvalue weighted by atomic mass is 19.1. The van der Waals surface area contributed by atoms with Gasteiger partial charge in [0.2, 0.25) is 0 Å². The van der Waals surface area contributed by atoms with Gasteiger partial charge in [0, 0.05) is 24.9 Å². The number of aliphatic hydroxyl groups is 1. The van der Waals surface area contributed by atoms with Crippen molar-refractivity contribution in [1.82, 2.24) is 5.32 Å². The highest BCUT2D eigenvalue weighted by Crippen LogP contribution is 2.41. The van der Waals surface area contributed by atoms with Crippen LogP contribution in [-0.4, -0.2) is 18.2 Å². The monoisotopic (exact) mass is 241 g/mol. The average molecular weight is 241 g/mol. The third kappa shape index (κ3) is 1.85. The zero-order chi connectivity index (χ0) is 12.6. The molecule has 0 spiro atoms. The van der Waals surface area contributed by atoms with E-state index in [-0.39, 0.29) is 17.4 Å². The fraction of sp³-hybridized carbons (Fsp3) is 0.538. The molecule has 17 heavy (non-hydrogen) atoms. The summed E-state index contributed by atoms with van der Waals surface area (Å²) in [5.41, 5.74) is -1.64. The molecule has 0 saturated carbocycles. The summed E-state index contributed by atoms with van der Waals surface area (Å²) in [6.45, 7) is 4.70. The van der Waals surface area contributed by atoms with E-state index in [1.165, 1.54) is 18.2 Å². The van der Waals surface area contributed by atoms with E-state index in [0.29, 0.717) is 13.1 Å². The van der Waals surface area contributed by atoms with E-state index in [0.717, 1.165) is 0 Å². The zero-order valence-corrected chi connectivity index (χ0v) is 10.0. The summed E-state index contributed by atoms with van der Waals surface area (Å²) in [5.74, 6) is -1.82. The van der Waals surface area contributed by atoms with Gasteiger partial charge in [0.05, 0.1) is 5.56 Å². The Balaban J connectivity index is 2.56. The molecule has 2 rings (SSSR count). The molecule has 2 N–H and O–H groups in total. The molecular formula is C13H17F2NO. The van der Waals surface area contributed by atoms with E-state index in [1.807, 2.05) is 0 Å². The number of hydrogen-bond donors (Lipinski definition) is 2. The molecule has 4 heteroatoms. The SMILES string of the molecule is C[C@@H]1CNC[C@H](C)[C@]1(O)c1c(F)cccc1F. The summed E-state index contributed by atoms with van der Waals surface area (Å²) >= 11 is 0. The van der Waals surface area contributed by atoms with Gasteiger partial charge in [-0.3, -0.25) is 0 Å². The van der Waals surface area contributed by atoms with Gasteiger partial charge in [0.25, 0.3) is 0 Å². The zero-order valence-electron chi connectivity index (χ0n) is 10.0. The second-order valence-electron chi connectivity index (χ2n) is 4.88. The van der Waals surface area contributed by atoms with Crippen LogP contribution in [0.2, 0.25) is 0 Å². The molecule has 0 bridgehead atoms. The molecule has 1 fully saturated rings. The van der Waals surface area contributed by atoms with Gasteiger partial charge < -0.3 is 10.4 Å². The van der Waals surface area contributed by atoms with Crippen LogP contribution in [0.3, 0.4) is 0 Å². The predicted octanol–water partition coefficient (Wildman–Crippen LogP) is 2.03. The Labute approximate surface area is 99.7 Å². The van der Waals surface area contributed by atoms with E-state index in [2.05, 4.69) is 5.32 Å². The van der Waals surface area contributed by atoms with Crippen LogP contribution in [-0.2, 0) is 5.60 Å². The Bertz CT molecular complexity index is 392. The van der Waals surface area contributed by atoms with Crippen LogP contribution in [0, 0.1) is 23.5 Å². The van der Waals surface area contributed by atoms with Crippen molar-refractivity contribution >= 4 is 0 Å². The number of piperidine rings is 1. The van der Waals surface area contributed by atoms with E-state index < -0.39 is 17.2 Å². The highest BCUT2D eigenvalue weighted by Gasteiger charge is 2.46. The Hall–Kier alpha value is -1.00. The normalized spacial score (nSPS) is 33.7. The molecule has 1 aromatic rings. The number of hydrogen-bond acceptors (Lipinski definition) is 2. The number of halogens is 2. The van der Waals surface area contributed by atoms with Crippen molar-refractivity contribution in [3.63, 3.8) is 0 Å². The van der Waals surface area contributed by atoms with Crippen LogP contribution >= 0.6 is 0 Å². The molecule has 1 aliphatic heterocycles. The molecule has 1 aromatic carbocycles. The van der Waals surface area contributed by atoms with Crippen molar-refractivity contribution in [3.8, 4) is 0 Å². The smallest absolute Gasteiger partial charge is 0.132 e. The maximum atomic E-state index is 13.8. The average Bonchev–Trinajstić information content (AvgIpc) is 2.26. The second kappa shape index (κ2) is 4.35. The van der Waals surface area contributed by atoms with Crippen LogP contribution in [0.15, 0.2) is 18.2 Å². The van der Waals surface area contributed by atoms with Crippen molar-refractivity contribution in [2.24, 2.45) is 11.8 Å². The molecule has 1 aliphatic rings. The molecule has 0 amide bonds. The van der Waals surface area contributed by atoms with Gasteiger partial charge in [-0.05, 0) is 12.1 Å². The summed E-state index contributed by atoms with van der Waals surface area (Å²) in [7, 11) is 0. The lowest BCUT2D eigenvalue weighted by Gasteiger charge is -2.44. The van der Waals surface area contributed by atoms with Crippen molar-refractivity contribution in [2.75, 3.05) is 13.1 Å². The molecular weight excluding hydrogens is 224 g/mol. The fourth-order valence-electron chi connectivity index (χ4n) is 2.69. The minimum absolute atomic E-state index is 0.193. The van der Waals surface area contributed by atoms with Crippen LogP contribution in [0.5, 0.6) is 0 Å². The largest absolute Gasteiger partial charge is 0.384 e. The Morgan fingerprint density at radius 1 is 1.18 bits per heavy atom. The predicted molar refractivity (Wildman–Crippen MR) is 61.5 cm³/mol. The lowest BCUT2D eigenvalue weighted by molar-refractivity contribution is -0.0856. The first-order chi connectivity index (χ1) is 7.98. The Morgan fingerprint density at radius 3 is 2.12 bits per heavy atom. The quantitative estimate of drug-likeness (QED) is 0.788. The summed E-state index contributed by atoms with van der Waals surface area (Å²) in [5, 5.41) is 13.9. The Morgan fingerprint density at radius 2 is 1.65 bits per heavy atom. The number of rotatable bonds is 1. The second-order valence-corrected chi connectivity index (χ2v) is 4.88. The maximum absolute atomic E-state index is 13.8. The number of nitrogens with one attached hydrogen (secondary N) is 1. The van der Waals surface area contributed by atoms with Crippen molar-refractivity contribution < 1.29 is 13.9 Å². The first kappa shape index (κ1) is 12.5. The van der Waals surface area contributed by atoms with E-state index in [9.17, 15) is 13.9 Å². The summed E-state index contributed by atoms with van der Waals surface area (Å²) in [6.07, 6.45) is 0. The summed E-state index contributed by atoms with van der Waals surface area (Å²) in [6, 6.07) is 3.70. The molecule has 0 radical (unpaired) electrons. The van der Waals surface area contributed by atoms with E-state index >= 15 is 0 Å². The van der Waals surface area contributed by atoms with Crippen LogP contribution in [0.4, 0.5) is 8.78 Å². The maximum Gasteiger partial charge on any atom is 0.132 e. The minimum Gasteiger partial charge on any atom is -0.384 e. The van der Waals surface area contributed by atoms with Gasteiger partial charge in [-0.2, -0.15) is 0 Å². The highest BCUT2D eigenvalue weighted by molar-refractivity contribution is 5.28. The first-order valence-corrected chi connectivity index (χ1v) is 5.85. The lowest BCUT2D eigenvalue weighted by atomic mass is 9.71. The molecule has 0 aromatic heterocycles. The van der Waals surface area contributed by atoms with E-state index in [1.54, 1.807) is 13.8 Å². The van der Waals surface area contributed by atoms with Gasteiger partial charge in [-0.15, -0.1) is 0 Å². The first-order valence-electron chi connectivity index (χ1n) is 5.85. The third-order valence-electron chi connectivity index (χ3n) is 3.77. The van der Waals surface area contributed by atoms with Crippen molar-refractivity contribution in [1.29, 1.82) is 0 Å². The van der Waals surface area contributed by atoms with Gasteiger partial charge in [0.1, 0.15) is 17.2 Å². The van der Waals surface area contributed by atoms with Gasteiger partial charge in [0.15, 0.2) is 0 Å². The van der Waals surface area contributed by atoms with Crippen LogP contribution in [0.25, 0.3) is 0 Å². The summed E-state index contributed by atoms with van der Waals surface area (Å²) in [4.78, 5) is 0. The lowest BCUT2D eigenvalue weighted by Crippen LogP contribution is -2.53. The molecule has 1 saturated heterocycles. The molecule has 3 atom stereocenters. The topological polar surface area (TPSA) is 32.3 Å². The van der Waals surface area contributed by atoms with Gasteiger partial charge in [-0.1, -0.05) is 19.9 Å². The molecule has 94 valence electrons. The van der Waals surface area contributed by atoms with Gasteiger partial charge in [-0.25, -0.2) is 8.78 Å². The number of benzene rings is 1. The fourth-order valence-corrected chi connectivity index (χ4v) is 2.69. The van der Waals surface area contributed by atoms with Crippen molar-refractivity contribution in [2.45, 2.75) is 19.4 Å². The Kier molecular flexibility index (Phi) is 3.19. The van der Waals surface area contributed by atoms with Gasteiger partial charge >= 0.3 is 0 Å².